The van der Waals surface area contributed by atoms with Crippen LogP contribution in [-0.2, 0) is 0 Å². The van der Waals surface area contributed by atoms with E-state index >= 15 is 0 Å². The van der Waals surface area contributed by atoms with Gasteiger partial charge in [-0.05, 0) is 37.3 Å². The molecule has 0 aliphatic carbocycles. The molecule has 0 saturated heterocycles. The van der Waals surface area contributed by atoms with Gasteiger partial charge in [-0.3, -0.25) is 0 Å². The van der Waals surface area contributed by atoms with Crippen molar-refractivity contribution in [1.29, 1.82) is 0 Å². The lowest BCUT2D eigenvalue weighted by Gasteiger charge is -2.17. The summed E-state index contributed by atoms with van der Waals surface area (Å²) in [5.41, 5.74) is 0.912. The number of hydrogen-bond acceptors (Lipinski definition) is 3. The van der Waals surface area contributed by atoms with Crippen LogP contribution in [0.3, 0.4) is 0 Å². The van der Waals surface area contributed by atoms with E-state index in [-0.39, 0.29) is 6.10 Å². The van der Waals surface area contributed by atoms with Gasteiger partial charge in [0.15, 0.2) is 0 Å². The molecule has 1 unspecified atom stereocenters. The molecule has 0 radical (unpaired) electrons. The van der Waals surface area contributed by atoms with Crippen LogP contribution in [0.15, 0.2) is 42.5 Å². The Hall–Kier alpha value is -1.58. The highest BCUT2D eigenvalue weighted by Gasteiger charge is 2.08. The fraction of sp³-hybridized carbons (Fsp3) is 0.250. The van der Waals surface area contributed by atoms with Crippen molar-refractivity contribution in [3.05, 3.63) is 52.5 Å². The van der Waals surface area contributed by atoms with E-state index in [0.29, 0.717) is 28.1 Å². The molecule has 2 aromatic rings. The number of nitrogens with one attached hydrogen (secondary N) is 1. The monoisotopic (exact) mass is 325 g/mol. The smallest absolute Gasteiger partial charge is 0.138 e. The second kappa shape index (κ2) is 7.43. The van der Waals surface area contributed by atoms with Gasteiger partial charge in [0, 0.05) is 5.69 Å². The highest BCUT2D eigenvalue weighted by Crippen LogP contribution is 2.27. The summed E-state index contributed by atoms with van der Waals surface area (Å²) in [6.45, 7) is 2.61. The Morgan fingerprint density at radius 3 is 2.48 bits per heavy atom. The highest BCUT2D eigenvalue weighted by atomic mass is 35.5. The Kier molecular flexibility index (Phi) is 5.59. The average molecular weight is 326 g/mol. The third kappa shape index (κ3) is 4.45. The number of benzene rings is 2. The molecule has 21 heavy (non-hydrogen) atoms. The summed E-state index contributed by atoms with van der Waals surface area (Å²) in [6, 6.07) is 13.0. The summed E-state index contributed by atoms with van der Waals surface area (Å²) in [6.07, 6.45) is -0.0363. The fourth-order valence-electron chi connectivity index (χ4n) is 1.84. The number of hydrogen-bond donors (Lipinski definition) is 1. The molecular formula is C16H17Cl2NO2. The van der Waals surface area contributed by atoms with Crippen LogP contribution in [0.4, 0.5) is 5.69 Å². The molecule has 2 aromatic carbocycles. The van der Waals surface area contributed by atoms with Crippen molar-refractivity contribution in [2.75, 3.05) is 19.0 Å². The van der Waals surface area contributed by atoms with Gasteiger partial charge in [-0.25, -0.2) is 0 Å². The fourth-order valence-corrected chi connectivity index (χ4v) is 2.27. The van der Waals surface area contributed by atoms with E-state index in [2.05, 4.69) is 5.32 Å². The van der Waals surface area contributed by atoms with Gasteiger partial charge >= 0.3 is 0 Å². The van der Waals surface area contributed by atoms with Crippen molar-refractivity contribution in [2.24, 2.45) is 0 Å². The summed E-state index contributed by atoms with van der Waals surface area (Å²) in [7, 11) is 1.59. The minimum absolute atomic E-state index is 0.0363. The first kappa shape index (κ1) is 15.8. The zero-order valence-electron chi connectivity index (χ0n) is 11.9. The molecule has 3 nitrogen and oxygen atoms in total. The standard InChI is InChI=1S/C16H17Cl2NO2/c1-11(21-16-6-4-3-5-13(16)17)10-19-12-7-8-15(20-2)14(18)9-12/h3-9,11,19H,10H2,1-2H3. The molecule has 5 heteroatoms. The molecule has 2 rings (SSSR count). The molecule has 0 amide bonds. The number of para-hydroxylation sites is 1. The zero-order valence-corrected chi connectivity index (χ0v) is 13.4. The lowest BCUT2D eigenvalue weighted by Crippen LogP contribution is -2.22. The van der Waals surface area contributed by atoms with Gasteiger partial charge < -0.3 is 14.8 Å². The molecule has 0 saturated carbocycles. The van der Waals surface area contributed by atoms with Crippen LogP contribution < -0.4 is 14.8 Å². The molecule has 0 aromatic heterocycles. The maximum atomic E-state index is 6.08. The van der Waals surface area contributed by atoms with E-state index in [4.69, 9.17) is 32.7 Å². The second-order valence-corrected chi connectivity index (χ2v) is 5.40. The number of methoxy groups -OCH3 is 1. The van der Waals surface area contributed by atoms with Crippen LogP contribution in [0.25, 0.3) is 0 Å². The van der Waals surface area contributed by atoms with Gasteiger partial charge in [0.1, 0.15) is 17.6 Å². The summed E-state index contributed by atoms with van der Waals surface area (Å²) in [5.74, 6) is 1.34. The molecule has 1 atom stereocenters. The van der Waals surface area contributed by atoms with Gasteiger partial charge in [0.25, 0.3) is 0 Å². The predicted molar refractivity (Wildman–Crippen MR) is 88.0 cm³/mol. The van der Waals surface area contributed by atoms with Crippen molar-refractivity contribution < 1.29 is 9.47 Å². The van der Waals surface area contributed by atoms with E-state index in [9.17, 15) is 0 Å². The average Bonchev–Trinajstić information content (AvgIpc) is 2.48. The molecule has 0 spiro atoms. The Morgan fingerprint density at radius 1 is 1.05 bits per heavy atom. The largest absolute Gasteiger partial charge is 0.495 e. The molecule has 0 aliphatic rings. The first-order chi connectivity index (χ1) is 10.1. The first-order valence-corrected chi connectivity index (χ1v) is 7.34. The molecule has 0 fully saturated rings. The summed E-state index contributed by atoms with van der Waals surface area (Å²) >= 11 is 12.1. The minimum Gasteiger partial charge on any atom is -0.495 e. The van der Waals surface area contributed by atoms with Crippen molar-refractivity contribution in [2.45, 2.75) is 13.0 Å². The molecule has 112 valence electrons. The predicted octanol–water partition coefficient (Wildman–Crippen LogP) is 4.88. The maximum Gasteiger partial charge on any atom is 0.138 e. The van der Waals surface area contributed by atoms with Gasteiger partial charge in [-0.2, -0.15) is 0 Å². The molecular weight excluding hydrogens is 309 g/mol. The number of anilines is 1. The quantitative estimate of drug-likeness (QED) is 0.820. The summed E-state index contributed by atoms with van der Waals surface area (Å²) in [5, 5.41) is 4.45. The second-order valence-electron chi connectivity index (χ2n) is 4.59. The maximum absolute atomic E-state index is 6.08. The topological polar surface area (TPSA) is 30.5 Å². The van der Waals surface area contributed by atoms with E-state index < -0.39 is 0 Å². The van der Waals surface area contributed by atoms with E-state index in [1.807, 2.05) is 43.3 Å². The van der Waals surface area contributed by atoms with Crippen LogP contribution in [-0.4, -0.2) is 19.8 Å². The van der Waals surface area contributed by atoms with Gasteiger partial charge in [0.05, 0.1) is 23.7 Å². The number of ether oxygens (including phenoxy) is 2. The molecule has 0 bridgehead atoms. The van der Waals surface area contributed by atoms with Crippen LogP contribution in [0.1, 0.15) is 6.92 Å². The summed E-state index contributed by atoms with van der Waals surface area (Å²) < 4.78 is 10.9. The third-order valence-electron chi connectivity index (χ3n) is 2.91. The molecule has 0 aliphatic heterocycles. The molecule has 1 N–H and O–H groups in total. The molecule has 0 heterocycles. The Bertz CT molecular complexity index is 605. The number of rotatable bonds is 6. The van der Waals surface area contributed by atoms with Crippen LogP contribution in [0, 0.1) is 0 Å². The van der Waals surface area contributed by atoms with Crippen molar-refractivity contribution in [3.8, 4) is 11.5 Å². The first-order valence-electron chi connectivity index (χ1n) is 6.58. The van der Waals surface area contributed by atoms with Gasteiger partial charge in [0.2, 0.25) is 0 Å². The normalized spacial score (nSPS) is 11.8. The Labute approximate surface area is 134 Å². The van der Waals surface area contributed by atoms with Crippen LogP contribution in [0.5, 0.6) is 11.5 Å². The Morgan fingerprint density at radius 2 is 1.81 bits per heavy atom. The SMILES string of the molecule is COc1ccc(NCC(C)Oc2ccccc2Cl)cc1Cl. The van der Waals surface area contributed by atoms with E-state index in [1.165, 1.54) is 0 Å². The van der Waals surface area contributed by atoms with Gasteiger partial charge in [-0.1, -0.05) is 35.3 Å². The van der Waals surface area contributed by atoms with Crippen LogP contribution in [0.2, 0.25) is 10.0 Å². The third-order valence-corrected chi connectivity index (χ3v) is 3.52. The highest BCUT2D eigenvalue weighted by molar-refractivity contribution is 6.32. The van der Waals surface area contributed by atoms with Gasteiger partial charge in [-0.15, -0.1) is 0 Å². The Balaban J connectivity index is 1.91. The minimum atomic E-state index is -0.0363. The van der Waals surface area contributed by atoms with Crippen molar-refractivity contribution >= 4 is 28.9 Å². The number of halogens is 2. The zero-order chi connectivity index (χ0) is 15.2. The van der Waals surface area contributed by atoms with Crippen LogP contribution >= 0.6 is 23.2 Å². The van der Waals surface area contributed by atoms with Crippen molar-refractivity contribution in [3.63, 3.8) is 0 Å². The summed E-state index contributed by atoms with van der Waals surface area (Å²) in [4.78, 5) is 0. The van der Waals surface area contributed by atoms with E-state index in [1.54, 1.807) is 13.2 Å². The lowest BCUT2D eigenvalue weighted by atomic mass is 10.3. The lowest BCUT2D eigenvalue weighted by molar-refractivity contribution is 0.235. The van der Waals surface area contributed by atoms with Crippen molar-refractivity contribution in [1.82, 2.24) is 0 Å². The van der Waals surface area contributed by atoms with E-state index in [0.717, 1.165) is 5.69 Å².